The second-order valence-corrected chi connectivity index (χ2v) is 4.44. The van der Waals surface area contributed by atoms with Gasteiger partial charge in [0.2, 0.25) is 0 Å². The minimum Gasteiger partial charge on any atom is -0.496 e. The van der Waals surface area contributed by atoms with Crippen LogP contribution in [0.3, 0.4) is 0 Å². The summed E-state index contributed by atoms with van der Waals surface area (Å²) in [7, 11) is 1.75. The van der Waals surface area contributed by atoms with Crippen LogP contribution in [0.1, 0.15) is 30.5 Å². The van der Waals surface area contributed by atoms with Crippen LogP contribution in [0, 0.1) is 12.8 Å². The molecule has 2 rings (SSSR count). The summed E-state index contributed by atoms with van der Waals surface area (Å²) in [5, 5.41) is 3.54. The number of methoxy groups -OCH3 is 1. The van der Waals surface area contributed by atoms with E-state index >= 15 is 0 Å². The minimum atomic E-state index is 0.459. The first kappa shape index (κ1) is 10.5. The van der Waals surface area contributed by atoms with Crippen LogP contribution >= 0.6 is 0 Å². The van der Waals surface area contributed by atoms with Crippen molar-refractivity contribution in [3.05, 3.63) is 29.3 Å². The van der Waals surface area contributed by atoms with E-state index in [9.17, 15) is 0 Å². The highest BCUT2D eigenvalue weighted by Crippen LogP contribution is 2.34. The van der Waals surface area contributed by atoms with Crippen molar-refractivity contribution in [1.29, 1.82) is 0 Å². The second-order valence-electron chi connectivity index (χ2n) is 4.44. The molecule has 0 radical (unpaired) electrons. The van der Waals surface area contributed by atoms with E-state index in [1.54, 1.807) is 7.11 Å². The number of rotatable bonds is 2. The lowest BCUT2D eigenvalue weighted by Crippen LogP contribution is -2.17. The van der Waals surface area contributed by atoms with E-state index in [1.165, 1.54) is 17.5 Å². The van der Waals surface area contributed by atoms with Gasteiger partial charge in [-0.1, -0.05) is 19.1 Å². The highest BCUT2D eigenvalue weighted by molar-refractivity contribution is 5.39. The molecule has 1 aromatic carbocycles. The molecule has 0 amide bonds. The maximum atomic E-state index is 5.45. The molecule has 0 spiro atoms. The first-order valence-electron chi connectivity index (χ1n) is 5.60. The van der Waals surface area contributed by atoms with E-state index in [0.717, 1.165) is 12.3 Å². The van der Waals surface area contributed by atoms with Crippen LogP contribution in [-0.4, -0.2) is 13.7 Å². The third-order valence-electron chi connectivity index (χ3n) is 3.26. The lowest BCUT2D eigenvalue weighted by atomic mass is 9.94. The summed E-state index contributed by atoms with van der Waals surface area (Å²) in [6.07, 6.45) is 1.25. The molecule has 1 aromatic rings. The Labute approximate surface area is 91.6 Å². The van der Waals surface area contributed by atoms with Crippen molar-refractivity contribution in [3.8, 4) is 5.75 Å². The zero-order chi connectivity index (χ0) is 10.8. The minimum absolute atomic E-state index is 0.459. The Morgan fingerprint density at radius 1 is 1.40 bits per heavy atom. The van der Waals surface area contributed by atoms with Gasteiger partial charge in [0.05, 0.1) is 7.11 Å². The summed E-state index contributed by atoms with van der Waals surface area (Å²) in [5.74, 6) is 1.71. The van der Waals surface area contributed by atoms with Crippen molar-refractivity contribution < 1.29 is 4.74 Å². The first-order chi connectivity index (χ1) is 7.22. The molecule has 15 heavy (non-hydrogen) atoms. The average molecular weight is 205 g/mol. The van der Waals surface area contributed by atoms with Gasteiger partial charge in [0.25, 0.3) is 0 Å². The second kappa shape index (κ2) is 4.23. The monoisotopic (exact) mass is 205 g/mol. The third kappa shape index (κ3) is 2.00. The van der Waals surface area contributed by atoms with Gasteiger partial charge in [-0.2, -0.15) is 0 Å². The fourth-order valence-electron chi connectivity index (χ4n) is 2.33. The molecule has 0 saturated carbocycles. The van der Waals surface area contributed by atoms with Crippen LogP contribution in [-0.2, 0) is 0 Å². The van der Waals surface area contributed by atoms with E-state index in [0.29, 0.717) is 12.0 Å². The van der Waals surface area contributed by atoms with Crippen molar-refractivity contribution in [2.45, 2.75) is 26.3 Å². The largest absolute Gasteiger partial charge is 0.496 e. The van der Waals surface area contributed by atoms with E-state index in [4.69, 9.17) is 4.74 Å². The Balaban J connectivity index is 2.34. The molecule has 82 valence electrons. The van der Waals surface area contributed by atoms with Crippen LogP contribution in [0.5, 0.6) is 5.75 Å². The fraction of sp³-hybridized carbons (Fsp3) is 0.538. The number of ether oxygens (including phenoxy) is 1. The molecule has 0 aromatic heterocycles. The summed E-state index contributed by atoms with van der Waals surface area (Å²) >= 11 is 0. The molecule has 1 saturated heterocycles. The van der Waals surface area contributed by atoms with Crippen LogP contribution in [0.25, 0.3) is 0 Å². The summed E-state index contributed by atoms with van der Waals surface area (Å²) in [6, 6.07) is 6.92. The third-order valence-corrected chi connectivity index (χ3v) is 3.26. The molecule has 2 heteroatoms. The molecule has 1 heterocycles. The van der Waals surface area contributed by atoms with Gasteiger partial charge >= 0.3 is 0 Å². The van der Waals surface area contributed by atoms with Gasteiger partial charge in [0.15, 0.2) is 0 Å². The normalized spacial score (nSPS) is 25.5. The van der Waals surface area contributed by atoms with Crippen LogP contribution < -0.4 is 10.1 Å². The number of aryl methyl sites for hydroxylation is 1. The molecule has 0 bridgehead atoms. The highest BCUT2D eigenvalue weighted by Gasteiger charge is 2.26. The van der Waals surface area contributed by atoms with Gasteiger partial charge in [-0.15, -0.1) is 0 Å². The molecular weight excluding hydrogens is 186 g/mol. The predicted molar refractivity (Wildman–Crippen MR) is 62.3 cm³/mol. The quantitative estimate of drug-likeness (QED) is 0.801. The standard InChI is InChI=1S/C13H19NO/c1-9-4-5-11(12(8-9)15-3)13-10(2)6-7-14-13/h4-5,8,10,13-14H,6-7H2,1-3H3/t10-,13-/m1/s1. The number of benzene rings is 1. The number of hydrogen-bond acceptors (Lipinski definition) is 2. The first-order valence-corrected chi connectivity index (χ1v) is 5.60. The topological polar surface area (TPSA) is 21.3 Å². The van der Waals surface area contributed by atoms with Crippen molar-refractivity contribution in [1.82, 2.24) is 5.32 Å². The molecule has 2 nitrogen and oxygen atoms in total. The lowest BCUT2D eigenvalue weighted by molar-refractivity contribution is 0.394. The van der Waals surface area contributed by atoms with E-state index in [-0.39, 0.29) is 0 Å². The van der Waals surface area contributed by atoms with E-state index in [1.807, 2.05) is 0 Å². The Kier molecular flexibility index (Phi) is 2.96. The predicted octanol–water partition coefficient (Wildman–Crippen LogP) is 2.67. The summed E-state index contributed by atoms with van der Waals surface area (Å²) in [6.45, 7) is 5.50. The zero-order valence-electron chi connectivity index (χ0n) is 9.71. The molecule has 1 aliphatic rings. The van der Waals surface area contributed by atoms with Gasteiger partial charge in [0, 0.05) is 11.6 Å². The Hall–Kier alpha value is -1.02. The Morgan fingerprint density at radius 2 is 2.20 bits per heavy atom. The van der Waals surface area contributed by atoms with Crippen molar-refractivity contribution in [2.75, 3.05) is 13.7 Å². The van der Waals surface area contributed by atoms with Crippen molar-refractivity contribution in [2.24, 2.45) is 5.92 Å². The van der Waals surface area contributed by atoms with Crippen LogP contribution in [0.15, 0.2) is 18.2 Å². The highest BCUT2D eigenvalue weighted by atomic mass is 16.5. The van der Waals surface area contributed by atoms with E-state index < -0.39 is 0 Å². The SMILES string of the molecule is COc1cc(C)ccc1[C@@H]1NCC[C@H]1C. The number of hydrogen-bond donors (Lipinski definition) is 1. The molecule has 1 fully saturated rings. The van der Waals surface area contributed by atoms with Crippen LogP contribution in [0.4, 0.5) is 0 Å². The van der Waals surface area contributed by atoms with Gasteiger partial charge in [0.1, 0.15) is 5.75 Å². The average Bonchev–Trinajstić information content (AvgIpc) is 2.64. The Morgan fingerprint density at radius 3 is 2.80 bits per heavy atom. The Bertz CT molecular complexity index is 348. The van der Waals surface area contributed by atoms with Gasteiger partial charge in [-0.05, 0) is 37.4 Å². The van der Waals surface area contributed by atoms with Gasteiger partial charge in [-0.25, -0.2) is 0 Å². The van der Waals surface area contributed by atoms with E-state index in [2.05, 4.69) is 37.4 Å². The molecular formula is C13H19NO. The smallest absolute Gasteiger partial charge is 0.123 e. The maximum absolute atomic E-state index is 5.45. The van der Waals surface area contributed by atoms with Gasteiger partial charge in [-0.3, -0.25) is 0 Å². The lowest BCUT2D eigenvalue weighted by Gasteiger charge is -2.19. The molecule has 1 aliphatic heterocycles. The molecule has 0 unspecified atom stereocenters. The summed E-state index contributed by atoms with van der Waals surface area (Å²) in [5.41, 5.74) is 2.55. The summed E-state index contributed by atoms with van der Waals surface area (Å²) < 4.78 is 5.45. The van der Waals surface area contributed by atoms with Crippen molar-refractivity contribution in [3.63, 3.8) is 0 Å². The van der Waals surface area contributed by atoms with Crippen molar-refractivity contribution >= 4 is 0 Å². The molecule has 0 aliphatic carbocycles. The molecule has 2 atom stereocenters. The zero-order valence-corrected chi connectivity index (χ0v) is 9.71. The number of nitrogens with one attached hydrogen (secondary N) is 1. The molecule has 1 N–H and O–H groups in total. The van der Waals surface area contributed by atoms with Crippen LogP contribution in [0.2, 0.25) is 0 Å². The fourth-order valence-corrected chi connectivity index (χ4v) is 2.33. The summed E-state index contributed by atoms with van der Waals surface area (Å²) in [4.78, 5) is 0. The van der Waals surface area contributed by atoms with Gasteiger partial charge < -0.3 is 10.1 Å². The maximum Gasteiger partial charge on any atom is 0.123 e.